The Morgan fingerprint density at radius 3 is 2.70 bits per heavy atom. The first-order valence-corrected chi connectivity index (χ1v) is 8.65. The summed E-state index contributed by atoms with van der Waals surface area (Å²) in [6.45, 7) is 6.32. The van der Waals surface area contributed by atoms with Crippen molar-refractivity contribution >= 4 is 41.7 Å². The van der Waals surface area contributed by atoms with Crippen LogP contribution in [0.4, 0.5) is 4.39 Å². The zero-order valence-corrected chi connectivity index (χ0v) is 17.6. The fourth-order valence-corrected chi connectivity index (χ4v) is 2.14. The third-order valence-electron chi connectivity index (χ3n) is 3.23. The molecule has 0 fully saturated rings. The van der Waals surface area contributed by atoms with Crippen molar-refractivity contribution in [3.63, 3.8) is 0 Å². The summed E-state index contributed by atoms with van der Waals surface area (Å²) in [5.74, 6) is 0.756. The number of rotatable bonds is 7. The van der Waals surface area contributed by atoms with Crippen molar-refractivity contribution in [3.05, 3.63) is 29.6 Å². The van der Waals surface area contributed by atoms with Crippen molar-refractivity contribution < 1.29 is 9.13 Å². The molecule has 132 valence electrons. The highest BCUT2D eigenvalue weighted by Crippen LogP contribution is 2.18. The van der Waals surface area contributed by atoms with Crippen LogP contribution in [0.5, 0.6) is 5.75 Å². The minimum absolute atomic E-state index is 0. The first-order valence-electron chi connectivity index (χ1n) is 7.36. The van der Waals surface area contributed by atoms with Crippen LogP contribution in [0.3, 0.4) is 0 Å². The highest BCUT2D eigenvalue weighted by molar-refractivity contribution is 14.0. The summed E-state index contributed by atoms with van der Waals surface area (Å²) in [6, 6.07) is 5.02. The lowest BCUT2D eigenvalue weighted by Crippen LogP contribution is -2.38. The van der Waals surface area contributed by atoms with E-state index in [2.05, 4.69) is 23.5 Å². The third-order valence-corrected chi connectivity index (χ3v) is 4.19. The van der Waals surface area contributed by atoms with E-state index in [9.17, 15) is 4.39 Å². The van der Waals surface area contributed by atoms with Crippen molar-refractivity contribution in [2.75, 3.05) is 33.5 Å². The van der Waals surface area contributed by atoms with Gasteiger partial charge in [0, 0.05) is 25.4 Å². The molecule has 23 heavy (non-hydrogen) atoms. The molecule has 0 bridgehead atoms. The van der Waals surface area contributed by atoms with E-state index in [0.29, 0.717) is 11.8 Å². The number of guanidine groups is 1. The van der Waals surface area contributed by atoms with Gasteiger partial charge in [0.25, 0.3) is 0 Å². The molecule has 1 aromatic carbocycles. The van der Waals surface area contributed by atoms with Gasteiger partial charge in [-0.2, -0.15) is 11.8 Å². The first kappa shape index (κ1) is 22.3. The number of hydrogen-bond donors (Lipinski definition) is 1. The van der Waals surface area contributed by atoms with Crippen LogP contribution in [0, 0.1) is 5.82 Å². The molecule has 0 aliphatic rings. The maximum atomic E-state index is 13.8. The molecular weight excluding hydrogens is 428 g/mol. The molecule has 0 saturated heterocycles. The van der Waals surface area contributed by atoms with E-state index in [-0.39, 0.29) is 35.5 Å². The Morgan fingerprint density at radius 2 is 2.17 bits per heavy atom. The van der Waals surface area contributed by atoms with Gasteiger partial charge in [0.05, 0.1) is 13.7 Å². The first-order chi connectivity index (χ1) is 10.5. The van der Waals surface area contributed by atoms with E-state index in [1.165, 1.54) is 13.2 Å². The average Bonchev–Trinajstić information content (AvgIpc) is 2.51. The number of benzene rings is 1. The molecule has 0 amide bonds. The van der Waals surface area contributed by atoms with E-state index in [4.69, 9.17) is 4.74 Å². The Hall–Kier alpha value is -0.700. The number of thioether (sulfide) groups is 1. The topological polar surface area (TPSA) is 36.9 Å². The second kappa shape index (κ2) is 11.8. The number of ether oxygens (including phenoxy) is 1. The normalized spacial score (nSPS) is 12.3. The highest BCUT2D eigenvalue weighted by Gasteiger charge is 2.10. The van der Waals surface area contributed by atoms with Gasteiger partial charge in [-0.15, -0.1) is 24.0 Å². The third kappa shape index (κ3) is 7.60. The summed E-state index contributed by atoms with van der Waals surface area (Å²) in [6.07, 6.45) is 2.08. The average molecular weight is 455 g/mol. The zero-order chi connectivity index (χ0) is 16.5. The summed E-state index contributed by atoms with van der Waals surface area (Å²) in [5, 5.41) is 3.74. The zero-order valence-electron chi connectivity index (χ0n) is 14.4. The lowest BCUT2D eigenvalue weighted by Gasteiger charge is -2.22. The fourth-order valence-electron chi connectivity index (χ4n) is 1.92. The molecule has 0 radical (unpaired) electrons. The van der Waals surface area contributed by atoms with Crippen LogP contribution in [-0.4, -0.2) is 49.6 Å². The molecule has 1 aromatic rings. The maximum absolute atomic E-state index is 13.8. The van der Waals surface area contributed by atoms with Crippen LogP contribution in [0.2, 0.25) is 0 Å². The van der Waals surface area contributed by atoms with Gasteiger partial charge in [-0.05, 0) is 30.9 Å². The lowest BCUT2D eigenvalue weighted by molar-refractivity contribution is 0.385. The Morgan fingerprint density at radius 1 is 1.48 bits per heavy atom. The van der Waals surface area contributed by atoms with Gasteiger partial charge in [0.2, 0.25) is 0 Å². The predicted molar refractivity (Wildman–Crippen MR) is 109 cm³/mol. The van der Waals surface area contributed by atoms with Gasteiger partial charge in [-0.3, -0.25) is 4.99 Å². The van der Waals surface area contributed by atoms with Gasteiger partial charge in [-0.1, -0.05) is 13.0 Å². The van der Waals surface area contributed by atoms with Gasteiger partial charge in [0.15, 0.2) is 17.5 Å². The van der Waals surface area contributed by atoms with E-state index in [0.717, 1.165) is 24.6 Å². The van der Waals surface area contributed by atoms with Gasteiger partial charge in [-0.25, -0.2) is 4.39 Å². The summed E-state index contributed by atoms with van der Waals surface area (Å²) in [5.41, 5.74) is 0.879. The molecule has 0 spiro atoms. The monoisotopic (exact) mass is 455 g/mol. The number of halogens is 2. The van der Waals surface area contributed by atoms with E-state index < -0.39 is 0 Å². The Balaban J connectivity index is 0.00000484. The summed E-state index contributed by atoms with van der Waals surface area (Å²) < 4.78 is 18.7. The van der Waals surface area contributed by atoms with Crippen LogP contribution < -0.4 is 10.1 Å². The molecule has 7 heteroatoms. The van der Waals surface area contributed by atoms with Crippen LogP contribution in [-0.2, 0) is 6.54 Å². The van der Waals surface area contributed by atoms with Crippen molar-refractivity contribution in [1.82, 2.24) is 10.2 Å². The van der Waals surface area contributed by atoms with Crippen LogP contribution in [0.25, 0.3) is 0 Å². The fraction of sp³-hybridized carbons (Fsp3) is 0.562. The summed E-state index contributed by atoms with van der Waals surface area (Å²) >= 11 is 1.79. The predicted octanol–water partition coefficient (Wildman–Crippen LogP) is 3.60. The molecule has 0 aromatic heterocycles. The molecule has 0 aliphatic heterocycles. The Kier molecular flexibility index (Phi) is 11.4. The van der Waals surface area contributed by atoms with Crippen LogP contribution in [0.15, 0.2) is 23.2 Å². The summed E-state index contributed by atoms with van der Waals surface area (Å²) in [4.78, 5) is 6.63. The largest absolute Gasteiger partial charge is 0.494 e. The molecule has 1 atom stereocenters. The van der Waals surface area contributed by atoms with Crippen molar-refractivity contribution in [3.8, 4) is 5.75 Å². The molecular formula is C16H27FIN3OS. The second-order valence-electron chi connectivity index (χ2n) is 5.07. The molecule has 4 nitrogen and oxygen atoms in total. The molecule has 1 N–H and O–H groups in total. The van der Waals surface area contributed by atoms with Gasteiger partial charge >= 0.3 is 0 Å². The SMILES string of the molecule is CCNC(=NCC(C)SC)N(C)Cc1ccc(OC)c(F)c1.I. The summed E-state index contributed by atoms with van der Waals surface area (Å²) in [7, 11) is 3.42. The quantitative estimate of drug-likeness (QED) is 0.387. The smallest absolute Gasteiger partial charge is 0.193 e. The number of nitrogens with zero attached hydrogens (tertiary/aromatic N) is 2. The van der Waals surface area contributed by atoms with E-state index >= 15 is 0 Å². The minimum atomic E-state index is -0.341. The lowest BCUT2D eigenvalue weighted by atomic mass is 10.2. The highest BCUT2D eigenvalue weighted by atomic mass is 127. The molecule has 0 aliphatic carbocycles. The Labute approximate surface area is 160 Å². The molecule has 1 rings (SSSR count). The Bertz CT molecular complexity index is 502. The number of nitrogens with one attached hydrogen (secondary N) is 1. The van der Waals surface area contributed by atoms with E-state index in [1.54, 1.807) is 17.8 Å². The maximum Gasteiger partial charge on any atom is 0.193 e. The molecule has 0 saturated carbocycles. The van der Waals surface area contributed by atoms with Crippen molar-refractivity contribution in [2.45, 2.75) is 25.6 Å². The standard InChI is InChI=1S/C16H26FN3OS.HI/c1-6-18-16(19-10-12(2)22-5)20(3)11-13-7-8-15(21-4)14(17)9-13;/h7-9,12H,6,10-11H2,1-5H3,(H,18,19);1H. The molecule has 1 unspecified atom stereocenters. The number of hydrogen-bond acceptors (Lipinski definition) is 3. The molecule has 0 heterocycles. The van der Waals surface area contributed by atoms with Crippen LogP contribution >= 0.6 is 35.7 Å². The number of aliphatic imine (C=N–C) groups is 1. The van der Waals surface area contributed by atoms with Crippen LogP contribution in [0.1, 0.15) is 19.4 Å². The minimum Gasteiger partial charge on any atom is -0.494 e. The second-order valence-corrected chi connectivity index (χ2v) is 6.34. The van der Waals surface area contributed by atoms with Gasteiger partial charge < -0.3 is 15.0 Å². The van der Waals surface area contributed by atoms with Crippen molar-refractivity contribution in [2.24, 2.45) is 4.99 Å². The van der Waals surface area contributed by atoms with E-state index in [1.807, 2.05) is 24.9 Å². The number of methoxy groups -OCH3 is 1. The van der Waals surface area contributed by atoms with Gasteiger partial charge in [0.1, 0.15) is 0 Å². The van der Waals surface area contributed by atoms with Crippen molar-refractivity contribution in [1.29, 1.82) is 0 Å².